The summed E-state index contributed by atoms with van der Waals surface area (Å²) in [6.45, 7) is 12.6. The maximum Gasteiger partial charge on any atom is 0.407 e. The Morgan fingerprint density at radius 3 is 1.93 bits per heavy atom. The second kappa shape index (κ2) is 20.5. The summed E-state index contributed by atoms with van der Waals surface area (Å²) in [5.74, 6) is -0.327. The molecule has 0 spiro atoms. The van der Waals surface area contributed by atoms with Gasteiger partial charge in [-0.15, -0.1) is 0 Å². The molecule has 4 aromatic rings. The molecule has 13 heteroatoms. The zero-order valence-electron chi connectivity index (χ0n) is 36.7. The van der Waals surface area contributed by atoms with E-state index in [1.807, 2.05) is 139 Å². The monoisotopic (exact) mass is 834 g/mol. The van der Waals surface area contributed by atoms with Gasteiger partial charge >= 0.3 is 12.1 Å². The summed E-state index contributed by atoms with van der Waals surface area (Å²) in [6, 6.07) is 29.2. The van der Waals surface area contributed by atoms with Crippen molar-refractivity contribution in [1.29, 1.82) is 0 Å². The second-order valence-corrected chi connectivity index (χ2v) is 17.9. The number of aliphatic hydroxyl groups is 1. The number of hydrogen-bond acceptors (Lipinski definition) is 8. The molecule has 0 bridgehead atoms. The fraction of sp³-hybridized carbons (Fsp3) is 0.438. The normalized spacial score (nSPS) is 15.6. The van der Waals surface area contributed by atoms with Gasteiger partial charge in [-0.1, -0.05) is 133 Å². The van der Waals surface area contributed by atoms with Crippen LogP contribution in [0.1, 0.15) is 64.7 Å². The highest BCUT2D eigenvalue weighted by Crippen LogP contribution is 2.30. The van der Waals surface area contributed by atoms with Crippen molar-refractivity contribution in [1.82, 2.24) is 30.7 Å². The molecular formula is C48H62N6O7. The zero-order chi connectivity index (χ0) is 44.3. The zero-order valence-corrected chi connectivity index (χ0v) is 36.7. The molecule has 0 aliphatic carbocycles. The lowest BCUT2D eigenvalue weighted by Crippen LogP contribution is -2.59. The number of carbonyl (C=O) groups is 4. The minimum atomic E-state index is -1.15. The lowest BCUT2D eigenvalue weighted by atomic mass is 9.84. The van der Waals surface area contributed by atoms with E-state index in [9.17, 15) is 24.3 Å². The fourth-order valence-electron chi connectivity index (χ4n) is 7.78. The smallest absolute Gasteiger partial charge is 0.407 e. The predicted octanol–water partition coefficient (Wildman–Crippen LogP) is 6.39. The largest absolute Gasteiger partial charge is 0.481 e. The van der Waals surface area contributed by atoms with E-state index in [1.165, 1.54) is 7.11 Å². The molecule has 5 amide bonds. The number of benzene rings is 3. The van der Waals surface area contributed by atoms with Crippen LogP contribution in [0.15, 0.2) is 103 Å². The highest BCUT2D eigenvalue weighted by molar-refractivity contribution is 5.89. The first-order valence-electron chi connectivity index (χ1n) is 20.8. The number of hydrogen-bond donors (Lipinski definition) is 4. The Bertz CT molecular complexity index is 2070. The number of aliphatic hydroxyl groups excluding tert-OH is 1. The first kappa shape index (κ1) is 46.1. The van der Waals surface area contributed by atoms with Crippen molar-refractivity contribution in [2.45, 2.75) is 97.6 Å². The van der Waals surface area contributed by atoms with Crippen molar-refractivity contribution in [3.05, 3.63) is 120 Å². The van der Waals surface area contributed by atoms with Gasteiger partial charge in [0.2, 0.25) is 17.7 Å². The topological polar surface area (TPSA) is 162 Å². The van der Waals surface area contributed by atoms with Crippen LogP contribution >= 0.6 is 0 Å². The van der Waals surface area contributed by atoms with E-state index >= 15 is 0 Å². The Kier molecular flexibility index (Phi) is 15.5. The lowest BCUT2D eigenvalue weighted by Gasteiger charge is -2.38. The minimum absolute atomic E-state index is 0.0471. The van der Waals surface area contributed by atoms with Gasteiger partial charge in [0.25, 0.3) is 0 Å². The van der Waals surface area contributed by atoms with Gasteiger partial charge in [-0.2, -0.15) is 0 Å². The van der Waals surface area contributed by atoms with Crippen molar-refractivity contribution >= 4 is 23.9 Å². The molecule has 0 radical (unpaired) electrons. The van der Waals surface area contributed by atoms with Gasteiger partial charge in [0.1, 0.15) is 12.1 Å². The summed E-state index contributed by atoms with van der Waals surface area (Å²) < 4.78 is 10.2. The molecule has 0 saturated carbocycles. The SMILES string of the molecule is COC(=O)N[C@H](C(=O)N[C@@H](Cc1ccc(-c2cccc(OC)n2)cc1)C[C@H](O)[C@H](Cc1ccccc1)NC(=O)[C@@H](N1CCN(Cc2ccccc2)C1=O)C(C)(C)C)C(C)(C)C. The Morgan fingerprint density at radius 2 is 1.34 bits per heavy atom. The third kappa shape index (κ3) is 12.8. The van der Waals surface area contributed by atoms with Gasteiger partial charge < -0.3 is 40.3 Å². The van der Waals surface area contributed by atoms with E-state index in [0.29, 0.717) is 31.9 Å². The summed E-state index contributed by atoms with van der Waals surface area (Å²) in [5, 5.41) is 21.2. The number of aromatic nitrogens is 1. The van der Waals surface area contributed by atoms with E-state index in [-0.39, 0.29) is 24.8 Å². The van der Waals surface area contributed by atoms with Gasteiger partial charge in [0.05, 0.1) is 32.1 Å². The number of urea groups is 1. The maximum atomic E-state index is 14.6. The number of ether oxygens (including phenoxy) is 2. The number of pyridine rings is 1. The molecule has 5 rings (SSSR count). The Balaban J connectivity index is 1.42. The van der Waals surface area contributed by atoms with Crippen molar-refractivity contribution in [3.8, 4) is 17.1 Å². The van der Waals surface area contributed by atoms with Gasteiger partial charge in [0.15, 0.2) is 0 Å². The van der Waals surface area contributed by atoms with Crippen molar-refractivity contribution < 1.29 is 33.8 Å². The van der Waals surface area contributed by atoms with Crippen LogP contribution in [-0.2, 0) is 33.7 Å². The van der Waals surface area contributed by atoms with Crippen LogP contribution in [0.2, 0.25) is 0 Å². The Hall–Kier alpha value is -5.95. The number of nitrogens with zero attached hydrogens (tertiary/aromatic N) is 3. The van der Waals surface area contributed by atoms with E-state index in [4.69, 9.17) is 9.47 Å². The fourth-order valence-corrected chi connectivity index (χ4v) is 7.78. The van der Waals surface area contributed by atoms with Gasteiger partial charge in [0, 0.05) is 37.3 Å². The molecule has 1 fully saturated rings. The number of amides is 5. The van der Waals surface area contributed by atoms with E-state index < -0.39 is 53.1 Å². The van der Waals surface area contributed by atoms with Crippen LogP contribution in [-0.4, -0.2) is 101 Å². The second-order valence-electron chi connectivity index (χ2n) is 17.9. The molecule has 3 aromatic carbocycles. The Morgan fingerprint density at radius 1 is 0.721 bits per heavy atom. The highest BCUT2D eigenvalue weighted by Gasteiger charge is 2.44. The van der Waals surface area contributed by atoms with Crippen molar-refractivity contribution in [3.63, 3.8) is 0 Å². The van der Waals surface area contributed by atoms with E-state index in [1.54, 1.807) is 23.0 Å². The van der Waals surface area contributed by atoms with Crippen LogP contribution in [0.25, 0.3) is 11.3 Å². The first-order valence-corrected chi connectivity index (χ1v) is 20.8. The molecule has 1 aliphatic rings. The molecule has 1 saturated heterocycles. The number of methoxy groups -OCH3 is 2. The molecule has 0 unspecified atom stereocenters. The number of alkyl carbamates (subject to hydrolysis) is 1. The molecule has 2 heterocycles. The summed E-state index contributed by atoms with van der Waals surface area (Å²) in [6.07, 6.45) is -1.24. The molecule has 4 N–H and O–H groups in total. The molecule has 5 atom stereocenters. The molecule has 1 aromatic heterocycles. The molecular weight excluding hydrogens is 773 g/mol. The minimum Gasteiger partial charge on any atom is -0.481 e. The molecule has 1 aliphatic heterocycles. The maximum absolute atomic E-state index is 14.6. The van der Waals surface area contributed by atoms with Crippen LogP contribution in [0.4, 0.5) is 9.59 Å². The van der Waals surface area contributed by atoms with Gasteiger partial charge in [-0.3, -0.25) is 9.59 Å². The summed E-state index contributed by atoms with van der Waals surface area (Å²) in [7, 11) is 2.80. The summed E-state index contributed by atoms with van der Waals surface area (Å²) >= 11 is 0. The lowest BCUT2D eigenvalue weighted by molar-refractivity contribution is -0.131. The summed E-state index contributed by atoms with van der Waals surface area (Å²) in [4.78, 5) is 62.9. The van der Waals surface area contributed by atoms with Gasteiger partial charge in [-0.05, 0) is 52.8 Å². The van der Waals surface area contributed by atoms with E-state index in [2.05, 4.69) is 20.9 Å². The molecule has 326 valence electrons. The summed E-state index contributed by atoms with van der Waals surface area (Å²) in [5.41, 5.74) is 3.04. The third-order valence-corrected chi connectivity index (χ3v) is 10.9. The van der Waals surface area contributed by atoms with Crippen LogP contribution < -0.4 is 20.7 Å². The van der Waals surface area contributed by atoms with Crippen LogP contribution in [0.5, 0.6) is 5.88 Å². The Labute approximate surface area is 360 Å². The number of nitrogens with one attached hydrogen (secondary N) is 3. The standard InChI is InChI=1S/C48H62N6O7/c1-47(2,3)41(52-45(58)61-8)43(56)49-36(28-33-22-24-35(25-23-33)37-20-15-21-40(50-37)60-7)30-39(55)38(29-32-16-11-9-12-17-32)51-44(57)42(48(4,5)6)54-27-26-53(46(54)59)31-34-18-13-10-14-19-34/h9-25,36,38-39,41-42,55H,26-31H2,1-8H3,(H,49,56)(H,51,57)(H,52,58)/t36-,38-,39-,41+,42+/m0/s1. The highest BCUT2D eigenvalue weighted by atomic mass is 16.5. The number of rotatable bonds is 17. The average molecular weight is 835 g/mol. The van der Waals surface area contributed by atoms with E-state index in [0.717, 1.165) is 27.9 Å². The number of carbonyl (C=O) groups excluding carboxylic acids is 4. The third-order valence-electron chi connectivity index (χ3n) is 10.9. The first-order chi connectivity index (χ1) is 29.0. The van der Waals surface area contributed by atoms with Crippen molar-refractivity contribution in [2.24, 2.45) is 10.8 Å². The predicted molar refractivity (Wildman–Crippen MR) is 236 cm³/mol. The van der Waals surface area contributed by atoms with Crippen LogP contribution in [0.3, 0.4) is 0 Å². The van der Waals surface area contributed by atoms with Crippen LogP contribution in [0, 0.1) is 10.8 Å². The quantitative estimate of drug-likeness (QED) is 0.0953. The molecule has 13 nitrogen and oxygen atoms in total. The molecule has 61 heavy (non-hydrogen) atoms. The van der Waals surface area contributed by atoms with Crippen molar-refractivity contribution in [2.75, 3.05) is 27.3 Å². The van der Waals surface area contributed by atoms with Gasteiger partial charge in [-0.25, -0.2) is 14.6 Å². The average Bonchev–Trinajstić information content (AvgIpc) is 3.57.